The van der Waals surface area contributed by atoms with Crippen LogP contribution in [0.1, 0.15) is 38.4 Å². The molecule has 0 amide bonds. The van der Waals surface area contributed by atoms with E-state index in [0.717, 1.165) is 24.0 Å². The molecule has 1 atom stereocenters. The Labute approximate surface area is 102 Å². The number of nitrogens with one attached hydrogen (secondary N) is 2. The first-order chi connectivity index (χ1) is 8.19. The van der Waals surface area contributed by atoms with Crippen LogP contribution in [0.4, 0.5) is 11.6 Å². The van der Waals surface area contributed by atoms with Crippen LogP contribution in [0.3, 0.4) is 0 Å². The fraction of sp³-hybridized carbons (Fsp3) is 0.667. The number of hydrogen-bond acceptors (Lipinski definition) is 5. The predicted molar refractivity (Wildman–Crippen MR) is 68.3 cm³/mol. The van der Waals surface area contributed by atoms with Crippen molar-refractivity contribution in [1.82, 2.24) is 9.97 Å². The zero-order valence-electron chi connectivity index (χ0n) is 10.4. The Morgan fingerprint density at radius 1 is 1.35 bits per heavy atom. The third-order valence-corrected chi connectivity index (χ3v) is 2.62. The van der Waals surface area contributed by atoms with Crippen molar-refractivity contribution in [2.75, 3.05) is 23.7 Å². The van der Waals surface area contributed by atoms with Gasteiger partial charge in [-0.05, 0) is 26.7 Å². The summed E-state index contributed by atoms with van der Waals surface area (Å²) in [5.74, 6) is 3.09. The Morgan fingerprint density at radius 2 is 2.00 bits per heavy atom. The molecule has 1 unspecified atom stereocenters. The fourth-order valence-corrected chi connectivity index (χ4v) is 1.60. The van der Waals surface area contributed by atoms with Gasteiger partial charge in [0, 0.05) is 25.1 Å². The molecule has 1 aliphatic carbocycles. The number of hydrogen-bond donors (Lipinski definition) is 3. The van der Waals surface area contributed by atoms with Gasteiger partial charge in [-0.25, -0.2) is 9.97 Å². The smallest absolute Gasteiger partial charge is 0.136 e. The summed E-state index contributed by atoms with van der Waals surface area (Å²) in [6.45, 7) is 5.15. The standard InChI is InChI=1S/C12H20N4O/c1-3-13-10-6-11(14-7-8(2)17)16-12(15-10)9-4-5-9/h6,8-9,17H,3-5,7H2,1-2H3,(H2,13,14,15,16). The monoisotopic (exact) mass is 236 g/mol. The number of aliphatic hydroxyl groups is 1. The van der Waals surface area contributed by atoms with Crippen LogP contribution in [0, 0.1) is 0 Å². The van der Waals surface area contributed by atoms with Gasteiger partial charge in [0.1, 0.15) is 17.5 Å². The number of nitrogens with zero attached hydrogens (tertiary/aromatic N) is 2. The van der Waals surface area contributed by atoms with Gasteiger partial charge in [-0.1, -0.05) is 0 Å². The van der Waals surface area contributed by atoms with Crippen molar-refractivity contribution in [3.63, 3.8) is 0 Å². The maximum Gasteiger partial charge on any atom is 0.136 e. The third-order valence-electron chi connectivity index (χ3n) is 2.62. The van der Waals surface area contributed by atoms with Crippen molar-refractivity contribution in [2.24, 2.45) is 0 Å². The molecule has 1 heterocycles. The van der Waals surface area contributed by atoms with E-state index in [-0.39, 0.29) is 6.10 Å². The molecular formula is C12H20N4O. The van der Waals surface area contributed by atoms with Gasteiger partial charge in [0.2, 0.25) is 0 Å². The molecule has 1 aromatic rings. The van der Waals surface area contributed by atoms with Gasteiger partial charge in [-0.2, -0.15) is 0 Å². The summed E-state index contributed by atoms with van der Waals surface area (Å²) < 4.78 is 0. The van der Waals surface area contributed by atoms with E-state index in [1.54, 1.807) is 6.92 Å². The lowest BCUT2D eigenvalue weighted by Gasteiger charge is -2.11. The zero-order chi connectivity index (χ0) is 12.3. The number of aliphatic hydroxyl groups excluding tert-OH is 1. The Bertz CT molecular complexity index is 377. The van der Waals surface area contributed by atoms with Crippen molar-refractivity contribution >= 4 is 11.6 Å². The second-order valence-electron chi connectivity index (χ2n) is 4.53. The van der Waals surface area contributed by atoms with E-state index in [0.29, 0.717) is 12.5 Å². The van der Waals surface area contributed by atoms with Gasteiger partial charge >= 0.3 is 0 Å². The van der Waals surface area contributed by atoms with E-state index in [1.165, 1.54) is 12.8 Å². The molecule has 0 bridgehead atoms. The van der Waals surface area contributed by atoms with Crippen LogP contribution in [0.15, 0.2) is 6.07 Å². The zero-order valence-corrected chi connectivity index (χ0v) is 10.4. The number of rotatable bonds is 6. The highest BCUT2D eigenvalue weighted by atomic mass is 16.3. The lowest BCUT2D eigenvalue weighted by atomic mass is 10.3. The first-order valence-corrected chi connectivity index (χ1v) is 6.23. The molecule has 0 spiro atoms. The summed E-state index contributed by atoms with van der Waals surface area (Å²) in [4.78, 5) is 8.96. The molecule has 1 aromatic heterocycles. The van der Waals surface area contributed by atoms with Crippen molar-refractivity contribution < 1.29 is 5.11 Å². The van der Waals surface area contributed by atoms with E-state index in [2.05, 4.69) is 20.6 Å². The minimum absolute atomic E-state index is 0.378. The lowest BCUT2D eigenvalue weighted by molar-refractivity contribution is 0.208. The quantitative estimate of drug-likeness (QED) is 0.699. The lowest BCUT2D eigenvalue weighted by Crippen LogP contribution is -2.17. The largest absolute Gasteiger partial charge is 0.392 e. The van der Waals surface area contributed by atoms with E-state index >= 15 is 0 Å². The Morgan fingerprint density at radius 3 is 2.53 bits per heavy atom. The van der Waals surface area contributed by atoms with Gasteiger partial charge in [0.25, 0.3) is 0 Å². The molecule has 17 heavy (non-hydrogen) atoms. The molecule has 5 heteroatoms. The van der Waals surface area contributed by atoms with Crippen LogP contribution >= 0.6 is 0 Å². The van der Waals surface area contributed by atoms with Crippen LogP contribution in [0.5, 0.6) is 0 Å². The van der Waals surface area contributed by atoms with Gasteiger partial charge in [0.05, 0.1) is 6.10 Å². The molecule has 5 nitrogen and oxygen atoms in total. The van der Waals surface area contributed by atoms with E-state index in [9.17, 15) is 5.11 Å². The summed E-state index contributed by atoms with van der Waals surface area (Å²) in [5.41, 5.74) is 0. The second kappa shape index (κ2) is 5.31. The van der Waals surface area contributed by atoms with E-state index in [1.807, 2.05) is 13.0 Å². The van der Waals surface area contributed by atoms with Gasteiger partial charge in [-0.15, -0.1) is 0 Å². The first kappa shape index (κ1) is 12.1. The fourth-order valence-electron chi connectivity index (χ4n) is 1.60. The molecule has 0 radical (unpaired) electrons. The molecule has 0 aromatic carbocycles. The van der Waals surface area contributed by atoms with Crippen molar-refractivity contribution in [3.05, 3.63) is 11.9 Å². The molecule has 1 aliphatic rings. The second-order valence-corrected chi connectivity index (χ2v) is 4.53. The molecular weight excluding hydrogens is 216 g/mol. The molecule has 1 fully saturated rings. The summed E-state index contributed by atoms with van der Waals surface area (Å²) >= 11 is 0. The van der Waals surface area contributed by atoms with Crippen molar-refractivity contribution in [3.8, 4) is 0 Å². The molecule has 94 valence electrons. The maximum absolute atomic E-state index is 9.26. The number of aromatic nitrogens is 2. The predicted octanol–water partition coefficient (Wildman–Crippen LogP) is 1.58. The highest BCUT2D eigenvalue weighted by Gasteiger charge is 2.27. The minimum Gasteiger partial charge on any atom is -0.392 e. The Hall–Kier alpha value is -1.36. The van der Waals surface area contributed by atoms with Crippen LogP contribution < -0.4 is 10.6 Å². The van der Waals surface area contributed by atoms with Gasteiger partial charge in [-0.3, -0.25) is 0 Å². The topological polar surface area (TPSA) is 70.1 Å². The average molecular weight is 236 g/mol. The highest BCUT2D eigenvalue weighted by molar-refractivity contribution is 5.48. The average Bonchev–Trinajstić information content (AvgIpc) is 3.10. The van der Waals surface area contributed by atoms with Crippen LogP contribution in [0.25, 0.3) is 0 Å². The molecule has 0 aliphatic heterocycles. The molecule has 1 saturated carbocycles. The number of anilines is 2. The molecule has 0 saturated heterocycles. The van der Waals surface area contributed by atoms with Crippen LogP contribution in [-0.4, -0.2) is 34.3 Å². The van der Waals surface area contributed by atoms with Gasteiger partial charge in [0.15, 0.2) is 0 Å². The molecule has 2 rings (SSSR count). The van der Waals surface area contributed by atoms with Crippen molar-refractivity contribution in [1.29, 1.82) is 0 Å². The van der Waals surface area contributed by atoms with Crippen LogP contribution in [-0.2, 0) is 0 Å². The summed E-state index contributed by atoms with van der Waals surface area (Å²) in [5, 5.41) is 15.6. The summed E-state index contributed by atoms with van der Waals surface area (Å²) in [7, 11) is 0. The Balaban J connectivity index is 2.12. The third kappa shape index (κ3) is 3.56. The SMILES string of the molecule is CCNc1cc(NCC(C)O)nc(C2CC2)n1. The maximum atomic E-state index is 9.26. The normalized spacial score (nSPS) is 16.6. The van der Waals surface area contributed by atoms with Gasteiger partial charge < -0.3 is 15.7 Å². The summed E-state index contributed by atoms with van der Waals surface area (Å²) in [6, 6.07) is 1.89. The van der Waals surface area contributed by atoms with Crippen molar-refractivity contribution in [2.45, 2.75) is 38.7 Å². The Kier molecular flexibility index (Phi) is 3.78. The van der Waals surface area contributed by atoms with E-state index in [4.69, 9.17) is 0 Å². The highest BCUT2D eigenvalue weighted by Crippen LogP contribution is 2.38. The summed E-state index contributed by atoms with van der Waals surface area (Å²) in [6.07, 6.45) is 1.99. The molecule has 3 N–H and O–H groups in total. The minimum atomic E-state index is -0.378. The van der Waals surface area contributed by atoms with Crippen LogP contribution in [0.2, 0.25) is 0 Å². The van der Waals surface area contributed by atoms with E-state index < -0.39 is 0 Å². The first-order valence-electron chi connectivity index (χ1n) is 6.23.